The lowest BCUT2D eigenvalue weighted by Crippen LogP contribution is -2.31. The van der Waals surface area contributed by atoms with E-state index in [1.165, 1.54) is 6.07 Å². The van der Waals surface area contributed by atoms with Crippen molar-refractivity contribution in [1.29, 1.82) is 0 Å². The van der Waals surface area contributed by atoms with Gasteiger partial charge >= 0.3 is 0 Å². The van der Waals surface area contributed by atoms with Crippen LogP contribution in [0.25, 0.3) is 0 Å². The minimum atomic E-state index is -0.223. The molecule has 0 aliphatic carbocycles. The Morgan fingerprint density at radius 2 is 2.10 bits per heavy atom. The summed E-state index contributed by atoms with van der Waals surface area (Å²) in [5.41, 5.74) is 7.07. The number of benzene rings is 1. The Bertz CT molecular complexity index is 473. The van der Waals surface area contributed by atoms with Crippen LogP contribution in [-0.4, -0.2) is 25.6 Å². The van der Waals surface area contributed by atoms with E-state index in [-0.39, 0.29) is 29.8 Å². The van der Waals surface area contributed by atoms with E-state index in [0.29, 0.717) is 24.7 Å². The zero-order valence-electron chi connectivity index (χ0n) is 12.6. The molecule has 118 valence electrons. The molecule has 0 saturated carbocycles. The van der Waals surface area contributed by atoms with Gasteiger partial charge in [0.25, 0.3) is 0 Å². The molecule has 0 aromatic heterocycles. The minimum Gasteiger partial charge on any atom is -0.370 e. The van der Waals surface area contributed by atoms with Gasteiger partial charge in [-0.1, -0.05) is 12.1 Å². The average Bonchev–Trinajstić information content (AvgIpc) is 2.46. The van der Waals surface area contributed by atoms with Crippen LogP contribution in [0.1, 0.15) is 19.4 Å². The molecule has 1 aromatic rings. The molecular formula is C15H24FIN4. The molecule has 0 unspecified atom stereocenters. The lowest BCUT2D eigenvalue weighted by Gasteiger charge is -2.21. The minimum absolute atomic E-state index is 0. The predicted molar refractivity (Wildman–Crippen MR) is 98.9 cm³/mol. The second-order valence-electron chi connectivity index (χ2n) is 4.33. The molecule has 6 heteroatoms. The van der Waals surface area contributed by atoms with Crippen LogP contribution in [0.5, 0.6) is 0 Å². The number of hydrogen-bond donors (Lipinski definition) is 2. The van der Waals surface area contributed by atoms with Crippen molar-refractivity contribution in [2.45, 2.75) is 20.4 Å². The quantitative estimate of drug-likeness (QED) is 0.317. The van der Waals surface area contributed by atoms with E-state index in [2.05, 4.69) is 16.9 Å². The molecule has 4 nitrogen and oxygen atoms in total. The number of halogens is 2. The van der Waals surface area contributed by atoms with Crippen LogP contribution in [0.2, 0.25) is 0 Å². The largest absolute Gasteiger partial charge is 0.370 e. The third-order valence-electron chi connectivity index (χ3n) is 2.98. The molecule has 1 aromatic carbocycles. The van der Waals surface area contributed by atoms with Crippen LogP contribution in [0.4, 0.5) is 10.1 Å². The zero-order chi connectivity index (χ0) is 15.0. The Morgan fingerprint density at radius 3 is 2.62 bits per heavy atom. The summed E-state index contributed by atoms with van der Waals surface area (Å²) in [6.07, 6.45) is 1.70. The van der Waals surface area contributed by atoms with Gasteiger partial charge in [0, 0.05) is 19.6 Å². The number of anilines is 1. The van der Waals surface area contributed by atoms with Gasteiger partial charge in [-0.3, -0.25) is 0 Å². The SMILES string of the molecule is C=CCNC(N)=NCc1ccc(N(CC)CC)c(F)c1.I. The molecule has 0 aliphatic rings. The molecule has 0 fully saturated rings. The van der Waals surface area contributed by atoms with Gasteiger partial charge in [0.2, 0.25) is 0 Å². The number of rotatable bonds is 7. The molecule has 0 spiro atoms. The monoisotopic (exact) mass is 406 g/mol. The Kier molecular flexibility index (Phi) is 9.77. The number of nitrogens with two attached hydrogens (primary N) is 1. The van der Waals surface area contributed by atoms with Crippen molar-refractivity contribution in [3.05, 3.63) is 42.2 Å². The lowest BCUT2D eigenvalue weighted by atomic mass is 10.2. The lowest BCUT2D eigenvalue weighted by molar-refractivity contribution is 0.617. The van der Waals surface area contributed by atoms with Crippen LogP contribution >= 0.6 is 24.0 Å². The van der Waals surface area contributed by atoms with E-state index in [0.717, 1.165) is 18.7 Å². The van der Waals surface area contributed by atoms with Crippen LogP contribution in [-0.2, 0) is 6.54 Å². The molecule has 0 heterocycles. The summed E-state index contributed by atoms with van der Waals surface area (Å²) < 4.78 is 14.1. The molecule has 0 atom stereocenters. The van der Waals surface area contributed by atoms with Crippen molar-refractivity contribution in [1.82, 2.24) is 5.32 Å². The van der Waals surface area contributed by atoms with Gasteiger partial charge < -0.3 is 16.0 Å². The first-order chi connectivity index (χ1) is 9.62. The Balaban J connectivity index is 0.00000400. The van der Waals surface area contributed by atoms with E-state index < -0.39 is 0 Å². The highest BCUT2D eigenvalue weighted by atomic mass is 127. The fraction of sp³-hybridized carbons (Fsp3) is 0.400. The number of nitrogens with zero attached hydrogens (tertiary/aromatic N) is 2. The molecular weight excluding hydrogens is 382 g/mol. The fourth-order valence-electron chi connectivity index (χ4n) is 1.88. The third-order valence-corrected chi connectivity index (χ3v) is 2.98. The maximum absolute atomic E-state index is 14.1. The normalized spacial score (nSPS) is 10.7. The number of nitrogens with one attached hydrogen (secondary N) is 1. The first kappa shape index (κ1) is 19.7. The molecule has 21 heavy (non-hydrogen) atoms. The van der Waals surface area contributed by atoms with Crippen LogP contribution in [0, 0.1) is 5.82 Å². The average molecular weight is 406 g/mol. The summed E-state index contributed by atoms with van der Waals surface area (Å²) in [6, 6.07) is 5.18. The highest BCUT2D eigenvalue weighted by Crippen LogP contribution is 2.20. The summed E-state index contributed by atoms with van der Waals surface area (Å²) >= 11 is 0. The van der Waals surface area contributed by atoms with E-state index in [1.54, 1.807) is 12.1 Å². The number of aliphatic imine (C=N–C) groups is 1. The van der Waals surface area contributed by atoms with Crippen molar-refractivity contribution >= 4 is 35.6 Å². The van der Waals surface area contributed by atoms with Gasteiger partial charge in [-0.2, -0.15) is 0 Å². The highest BCUT2D eigenvalue weighted by Gasteiger charge is 2.08. The molecule has 0 radical (unpaired) electrons. The number of guanidine groups is 1. The summed E-state index contributed by atoms with van der Waals surface area (Å²) in [6.45, 7) is 10.1. The third kappa shape index (κ3) is 6.33. The van der Waals surface area contributed by atoms with Gasteiger partial charge in [-0.05, 0) is 31.5 Å². The van der Waals surface area contributed by atoms with Crippen molar-refractivity contribution in [3.63, 3.8) is 0 Å². The fourth-order valence-corrected chi connectivity index (χ4v) is 1.88. The predicted octanol–water partition coefficient (Wildman–Crippen LogP) is 2.88. The molecule has 1 rings (SSSR count). The van der Waals surface area contributed by atoms with Gasteiger partial charge in [0.05, 0.1) is 12.2 Å². The van der Waals surface area contributed by atoms with Crippen molar-refractivity contribution in [3.8, 4) is 0 Å². The zero-order valence-corrected chi connectivity index (χ0v) is 14.9. The summed E-state index contributed by atoms with van der Waals surface area (Å²) in [5, 5.41) is 2.87. The molecule has 3 N–H and O–H groups in total. The first-order valence-electron chi connectivity index (χ1n) is 6.80. The standard InChI is InChI=1S/C15H23FN4.HI/c1-4-9-18-15(17)19-11-12-7-8-14(13(16)10-12)20(5-2)6-3;/h4,7-8,10H,1,5-6,9,11H2,2-3H3,(H3,17,18,19);1H. The van der Waals surface area contributed by atoms with Crippen molar-refractivity contribution in [2.24, 2.45) is 10.7 Å². The van der Waals surface area contributed by atoms with E-state index in [9.17, 15) is 4.39 Å². The molecule has 0 bridgehead atoms. The topological polar surface area (TPSA) is 53.6 Å². The number of hydrogen-bond acceptors (Lipinski definition) is 2. The maximum atomic E-state index is 14.1. The van der Waals surface area contributed by atoms with E-state index in [1.807, 2.05) is 24.8 Å². The van der Waals surface area contributed by atoms with Crippen LogP contribution in [0.3, 0.4) is 0 Å². The van der Waals surface area contributed by atoms with Crippen molar-refractivity contribution in [2.75, 3.05) is 24.5 Å². The Hall–Kier alpha value is -1.31. The van der Waals surface area contributed by atoms with E-state index in [4.69, 9.17) is 5.73 Å². The second kappa shape index (κ2) is 10.4. The summed E-state index contributed by atoms with van der Waals surface area (Å²) in [7, 11) is 0. The van der Waals surface area contributed by atoms with Crippen molar-refractivity contribution < 1.29 is 4.39 Å². The first-order valence-corrected chi connectivity index (χ1v) is 6.80. The Labute approximate surface area is 143 Å². The summed E-state index contributed by atoms with van der Waals surface area (Å²) in [4.78, 5) is 6.12. The molecule has 0 aliphatic heterocycles. The Morgan fingerprint density at radius 1 is 1.43 bits per heavy atom. The second-order valence-corrected chi connectivity index (χ2v) is 4.33. The van der Waals surface area contributed by atoms with Gasteiger partial charge in [-0.15, -0.1) is 30.6 Å². The van der Waals surface area contributed by atoms with Crippen LogP contribution in [0.15, 0.2) is 35.8 Å². The van der Waals surface area contributed by atoms with E-state index >= 15 is 0 Å². The smallest absolute Gasteiger partial charge is 0.189 e. The summed E-state index contributed by atoms with van der Waals surface area (Å²) in [5.74, 6) is 0.108. The highest BCUT2D eigenvalue weighted by molar-refractivity contribution is 14.0. The van der Waals surface area contributed by atoms with Gasteiger partial charge in [-0.25, -0.2) is 9.38 Å². The van der Waals surface area contributed by atoms with Gasteiger partial charge in [0.15, 0.2) is 5.96 Å². The molecule has 0 saturated heterocycles. The van der Waals surface area contributed by atoms with Crippen LogP contribution < -0.4 is 16.0 Å². The van der Waals surface area contributed by atoms with Gasteiger partial charge in [0.1, 0.15) is 5.82 Å². The maximum Gasteiger partial charge on any atom is 0.189 e. The molecule has 0 amide bonds.